The molecule has 19 heavy (non-hydrogen) atoms. The number of nitrogens with one attached hydrogen (secondary N) is 1. The second-order valence-electron chi connectivity index (χ2n) is 6.19. The quantitative estimate of drug-likeness (QED) is 0.450. The van der Waals surface area contributed by atoms with Gasteiger partial charge < -0.3 is 10.4 Å². The molecule has 0 rings (SSSR count). The van der Waals surface area contributed by atoms with Crippen molar-refractivity contribution in [2.45, 2.75) is 96.9 Å². The zero-order valence-electron chi connectivity index (χ0n) is 13.6. The number of rotatable bonds is 14. The summed E-state index contributed by atoms with van der Waals surface area (Å²) in [5.41, 5.74) is 0.288. The van der Waals surface area contributed by atoms with Crippen molar-refractivity contribution in [2.24, 2.45) is 0 Å². The van der Waals surface area contributed by atoms with E-state index >= 15 is 0 Å². The van der Waals surface area contributed by atoms with E-state index in [2.05, 4.69) is 26.1 Å². The molecule has 116 valence electrons. The molecule has 0 aliphatic rings. The highest BCUT2D eigenvalue weighted by Gasteiger charge is 2.21. The van der Waals surface area contributed by atoms with Crippen molar-refractivity contribution >= 4 is 0 Å². The molecular formula is C17H37NO. The van der Waals surface area contributed by atoms with E-state index in [0.29, 0.717) is 6.61 Å². The Hall–Kier alpha value is -0.0800. The van der Waals surface area contributed by atoms with E-state index in [9.17, 15) is 0 Å². The Labute approximate surface area is 121 Å². The highest BCUT2D eigenvalue weighted by molar-refractivity contribution is 4.82. The minimum absolute atomic E-state index is 0.288. The van der Waals surface area contributed by atoms with Crippen LogP contribution < -0.4 is 5.32 Å². The van der Waals surface area contributed by atoms with Gasteiger partial charge in [-0.25, -0.2) is 0 Å². The third kappa shape index (κ3) is 11.4. The molecule has 0 radical (unpaired) electrons. The minimum Gasteiger partial charge on any atom is -0.396 e. The lowest BCUT2D eigenvalue weighted by Gasteiger charge is -2.31. The van der Waals surface area contributed by atoms with Gasteiger partial charge in [-0.3, -0.25) is 0 Å². The SMILES string of the molecule is CCCCCCC(C)(CCCCCC)NCCCO. The van der Waals surface area contributed by atoms with Crippen LogP contribution in [0.15, 0.2) is 0 Å². The summed E-state index contributed by atoms with van der Waals surface area (Å²) in [6.45, 7) is 8.17. The molecule has 2 nitrogen and oxygen atoms in total. The maximum Gasteiger partial charge on any atom is 0.0443 e. The molecule has 0 atom stereocenters. The molecule has 2 heteroatoms. The zero-order chi connectivity index (χ0) is 14.4. The van der Waals surface area contributed by atoms with Gasteiger partial charge in [-0.05, 0) is 32.7 Å². The van der Waals surface area contributed by atoms with E-state index in [1.165, 1.54) is 64.2 Å². The van der Waals surface area contributed by atoms with E-state index in [0.717, 1.165) is 13.0 Å². The van der Waals surface area contributed by atoms with Crippen molar-refractivity contribution in [3.05, 3.63) is 0 Å². The average Bonchev–Trinajstić information content (AvgIpc) is 2.41. The van der Waals surface area contributed by atoms with Gasteiger partial charge in [0.2, 0.25) is 0 Å². The summed E-state index contributed by atoms with van der Waals surface area (Å²) in [4.78, 5) is 0. The van der Waals surface area contributed by atoms with Crippen molar-refractivity contribution in [2.75, 3.05) is 13.2 Å². The summed E-state index contributed by atoms with van der Waals surface area (Å²) in [5, 5.41) is 12.6. The summed E-state index contributed by atoms with van der Waals surface area (Å²) >= 11 is 0. The van der Waals surface area contributed by atoms with Gasteiger partial charge in [0.25, 0.3) is 0 Å². The Balaban J connectivity index is 3.96. The number of hydrogen-bond donors (Lipinski definition) is 2. The highest BCUT2D eigenvalue weighted by atomic mass is 16.3. The molecule has 0 saturated carbocycles. The Kier molecular flexibility index (Phi) is 12.9. The van der Waals surface area contributed by atoms with Crippen molar-refractivity contribution in [1.29, 1.82) is 0 Å². The second kappa shape index (κ2) is 12.9. The summed E-state index contributed by atoms with van der Waals surface area (Å²) < 4.78 is 0. The molecule has 0 heterocycles. The van der Waals surface area contributed by atoms with Gasteiger partial charge in [0.05, 0.1) is 0 Å². The largest absolute Gasteiger partial charge is 0.396 e. The topological polar surface area (TPSA) is 32.3 Å². The lowest BCUT2D eigenvalue weighted by atomic mass is 9.88. The van der Waals surface area contributed by atoms with Crippen molar-refractivity contribution in [1.82, 2.24) is 5.32 Å². The van der Waals surface area contributed by atoms with Crippen LogP contribution in [-0.4, -0.2) is 23.8 Å². The van der Waals surface area contributed by atoms with Gasteiger partial charge in [-0.2, -0.15) is 0 Å². The van der Waals surface area contributed by atoms with Gasteiger partial charge >= 0.3 is 0 Å². The predicted octanol–water partition coefficient (Wildman–Crippen LogP) is 4.66. The summed E-state index contributed by atoms with van der Waals surface area (Å²) in [7, 11) is 0. The maximum atomic E-state index is 8.92. The Morgan fingerprint density at radius 2 is 1.32 bits per heavy atom. The van der Waals surface area contributed by atoms with E-state index < -0.39 is 0 Å². The fraction of sp³-hybridized carbons (Fsp3) is 1.00. The van der Waals surface area contributed by atoms with Crippen molar-refractivity contribution in [3.8, 4) is 0 Å². The van der Waals surface area contributed by atoms with E-state index in [4.69, 9.17) is 5.11 Å². The van der Waals surface area contributed by atoms with Crippen LogP contribution in [0.1, 0.15) is 91.4 Å². The summed E-state index contributed by atoms with van der Waals surface area (Å²) in [6.07, 6.45) is 14.2. The molecular weight excluding hydrogens is 234 g/mol. The fourth-order valence-corrected chi connectivity index (χ4v) is 2.65. The summed E-state index contributed by atoms with van der Waals surface area (Å²) in [6, 6.07) is 0. The van der Waals surface area contributed by atoms with E-state index in [1.807, 2.05) is 0 Å². The third-order valence-corrected chi connectivity index (χ3v) is 4.05. The first kappa shape index (κ1) is 18.9. The number of unbranched alkanes of at least 4 members (excludes halogenated alkanes) is 6. The van der Waals surface area contributed by atoms with Crippen LogP contribution in [0.5, 0.6) is 0 Å². The fourth-order valence-electron chi connectivity index (χ4n) is 2.65. The number of aliphatic hydroxyl groups excluding tert-OH is 1. The molecule has 0 amide bonds. The van der Waals surface area contributed by atoms with Crippen molar-refractivity contribution in [3.63, 3.8) is 0 Å². The normalized spacial score (nSPS) is 12.0. The molecule has 0 fully saturated rings. The smallest absolute Gasteiger partial charge is 0.0443 e. The average molecular weight is 271 g/mol. The maximum absolute atomic E-state index is 8.92. The molecule has 0 unspecified atom stereocenters. The molecule has 0 aliphatic heterocycles. The Morgan fingerprint density at radius 3 is 1.74 bits per heavy atom. The van der Waals surface area contributed by atoms with E-state index in [-0.39, 0.29) is 5.54 Å². The first-order valence-corrected chi connectivity index (χ1v) is 8.54. The van der Waals surface area contributed by atoms with Crippen LogP contribution in [0.4, 0.5) is 0 Å². The van der Waals surface area contributed by atoms with Gasteiger partial charge in [-0.1, -0.05) is 65.2 Å². The first-order chi connectivity index (χ1) is 9.18. The molecule has 0 saturated heterocycles. The van der Waals surface area contributed by atoms with Crippen LogP contribution in [-0.2, 0) is 0 Å². The molecule has 0 bridgehead atoms. The molecule has 0 aromatic heterocycles. The molecule has 2 N–H and O–H groups in total. The van der Waals surface area contributed by atoms with Gasteiger partial charge in [0.1, 0.15) is 0 Å². The number of aliphatic hydroxyl groups is 1. The van der Waals surface area contributed by atoms with Crippen LogP contribution in [0, 0.1) is 0 Å². The predicted molar refractivity (Wildman–Crippen MR) is 85.6 cm³/mol. The lowest BCUT2D eigenvalue weighted by Crippen LogP contribution is -2.43. The van der Waals surface area contributed by atoms with Crippen LogP contribution in [0.2, 0.25) is 0 Å². The van der Waals surface area contributed by atoms with Crippen LogP contribution in [0.25, 0.3) is 0 Å². The second-order valence-corrected chi connectivity index (χ2v) is 6.19. The first-order valence-electron chi connectivity index (χ1n) is 8.54. The molecule has 0 aromatic rings. The Bertz CT molecular complexity index is 170. The van der Waals surface area contributed by atoms with Crippen LogP contribution >= 0.6 is 0 Å². The van der Waals surface area contributed by atoms with E-state index in [1.54, 1.807) is 0 Å². The van der Waals surface area contributed by atoms with Gasteiger partial charge in [-0.15, -0.1) is 0 Å². The molecule has 0 aromatic carbocycles. The molecule has 0 aliphatic carbocycles. The van der Waals surface area contributed by atoms with Gasteiger partial charge in [0, 0.05) is 12.1 Å². The zero-order valence-corrected chi connectivity index (χ0v) is 13.6. The Morgan fingerprint density at radius 1 is 0.789 bits per heavy atom. The third-order valence-electron chi connectivity index (χ3n) is 4.05. The standard InChI is InChI=1S/C17H37NO/c1-4-6-8-10-13-17(3,18-15-12-16-19)14-11-9-7-5-2/h18-19H,4-16H2,1-3H3. The van der Waals surface area contributed by atoms with Crippen molar-refractivity contribution < 1.29 is 5.11 Å². The summed E-state index contributed by atoms with van der Waals surface area (Å²) in [5.74, 6) is 0. The van der Waals surface area contributed by atoms with Gasteiger partial charge in [0.15, 0.2) is 0 Å². The molecule has 0 spiro atoms. The number of hydrogen-bond acceptors (Lipinski definition) is 2. The van der Waals surface area contributed by atoms with Crippen LogP contribution in [0.3, 0.4) is 0 Å². The monoisotopic (exact) mass is 271 g/mol. The minimum atomic E-state index is 0.288. The highest BCUT2D eigenvalue weighted by Crippen LogP contribution is 2.22. The lowest BCUT2D eigenvalue weighted by molar-refractivity contribution is 0.252.